The number of carbonyl (C=O) groups excluding carboxylic acids is 1. The van der Waals surface area contributed by atoms with Crippen LogP contribution in [0.15, 0.2) is 0 Å². The van der Waals surface area contributed by atoms with Gasteiger partial charge < -0.3 is 14.7 Å². The number of ether oxygens (including phenoxy) is 1. The van der Waals surface area contributed by atoms with Crippen LogP contribution >= 0.6 is 0 Å². The smallest absolute Gasteiger partial charge is 0.224 e. The van der Waals surface area contributed by atoms with E-state index in [4.69, 9.17) is 4.74 Å². The van der Waals surface area contributed by atoms with Crippen molar-refractivity contribution in [3.05, 3.63) is 0 Å². The molecule has 2 saturated heterocycles. The predicted octanol–water partition coefficient (Wildman–Crippen LogP) is 1.25. The zero-order chi connectivity index (χ0) is 15.4. The summed E-state index contributed by atoms with van der Waals surface area (Å²) in [6.07, 6.45) is 7.40. The van der Waals surface area contributed by atoms with Crippen molar-refractivity contribution >= 4 is 5.91 Å². The largest absolute Gasteiger partial charge is 0.393 e. The van der Waals surface area contributed by atoms with Crippen molar-refractivity contribution < 1.29 is 14.6 Å². The van der Waals surface area contributed by atoms with E-state index in [1.165, 1.54) is 25.7 Å². The highest BCUT2D eigenvalue weighted by molar-refractivity contribution is 5.76. The van der Waals surface area contributed by atoms with Crippen molar-refractivity contribution in [1.82, 2.24) is 9.80 Å². The van der Waals surface area contributed by atoms with E-state index in [2.05, 4.69) is 4.90 Å². The number of amides is 1. The standard InChI is InChI=1S/C17H30N2O3/c20-16-6-2-1-4-14(16)15-5-3-8-18(15)9-7-17(21)19-10-12-22-13-11-19/h14-16,20H,1-13H2. The summed E-state index contributed by atoms with van der Waals surface area (Å²) in [5.41, 5.74) is 0. The van der Waals surface area contributed by atoms with Crippen molar-refractivity contribution in [2.75, 3.05) is 39.4 Å². The maximum Gasteiger partial charge on any atom is 0.224 e. The average molecular weight is 310 g/mol. The van der Waals surface area contributed by atoms with E-state index in [9.17, 15) is 9.90 Å². The predicted molar refractivity (Wildman–Crippen MR) is 84.6 cm³/mol. The average Bonchev–Trinajstić information content (AvgIpc) is 3.02. The Morgan fingerprint density at radius 1 is 1.05 bits per heavy atom. The fourth-order valence-electron chi connectivity index (χ4n) is 4.41. The molecule has 3 fully saturated rings. The van der Waals surface area contributed by atoms with Gasteiger partial charge in [-0.2, -0.15) is 0 Å². The van der Waals surface area contributed by atoms with Crippen LogP contribution in [0.25, 0.3) is 0 Å². The van der Waals surface area contributed by atoms with Gasteiger partial charge in [0.15, 0.2) is 0 Å². The number of likely N-dealkylation sites (tertiary alicyclic amines) is 1. The molecule has 1 saturated carbocycles. The molecule has 5 heteroatoms. The highest BCUT2D eigenvalue weighted by Gasteiger charge is 2.36. The molecule has 3 rings (SSSR count). The van der Waals surface area contributed by atoms with Crippen LogP contribution in [-0.4, -0.2) is 72.4 Å². The number of aliphatic hydroxyl groups is 1. The molecular weight excluding hydrogens is 280 g/mol. The van der Waals surface area contributed by atoms with E-state index in [1.807, 2.05) is 4.90 Å². The Kier molecular flexibility index (Phi) is 5.71. The first kappa shape index (κ1) is 16.2. The van der Waals surface area contributed by atoms with Crippen molar-refractivity contribution in [1.29, 1.82) is 0 Å². The lowest BCUT2D eigenvalue weighted by Crippen LogP contribution is -2.45. The monoisotopic (exact) mass is 310 g/mol. The maximum atomic E-state index is 12.3. The van der Waals surface area contributed by atoms with Gasteiger partial charge in [-0.05, 0) is 32.2 Å². The van der Waals surface area contributed by atoms with E-state index < -0.39 is 0 Å². The molecule has 126 valence electrons. The molecule has 22 heavy (non-hydrogen) atoms. The Morgan fingerprint density at radius 2 is 1.82 bits per heavy atom. The summed E-state index contributed by atoms with van der Waals surface area (Å²) in [7, 11) is 0. The Labute approximate surface area is 133 Å². The Balaban J connectivity index is 1.49. The van der Waals surface area contributed by atoms with E-state index in [1.54, 1.807) is 0 Å². The Bertz CT molecular complexity index is 371. The van der Waals surface area contributed by atoms with Gasteiger partial charge in [0.05, 0.1) is 19.3 Å². The molecule has 1 N–H and O–H groups in total. The fourth-order valence-corrected chi connectivity index (χ4v) is 4.41. The van der Waals surface area contributed by atoms with Crippen LogP contribution in [0, 0.1) is 5.92 Å². The van der Waals surface area contributed by atoms with Gasteiger partial charge in [0.1, 0.15) is 0 Å². The summed E-state index contributed by atoms with van der Waals surface area (Å²) in [5, 5.41) is 10.3. The first-order valence-electron chi connectivity index (χ1n) is 9.03. The van der Waals surface area contributed by atoms with E-state index in [-0.39, 0.29) is 12.0 Å². The third-order valence-electron chi connectivity index (χ3n) is 5.67. The molecule has 0 aromatic heterocycles. The molecule has 0 spiro atoms. The van der Waals surface area contributed by atoms with Crippen LogP contribution in [0.3, 0.4) is 0 Å². The lowest BCUT2D eigenvalue weighted by Gasteiger charge is -2.37. The van der Waals surface area contributed by atoms with Gasteiger partial charge in [0.25, 0.3) is 0 Å². The lowest BCUT2D eigenvalue weighted by atomic mass is 9.80. The third kappa shape index (κ3) is 3.81. The number of nitrogens with zero attached hydrogens (tertiary/aromatic N) is 2. The molecule has 2 heterocycles. The molecule has 0 bridgehead atoms. The number of hydrogen-bond donors (Lipinski definition) is 1. The minimum Gasteiger partial charge on any atom is -0.393 e. The van der Waals surface area contributed by atoms with E-state index in [0.717, 1.165) is 39.0 Å². The molecule has 5 nitrogen and oxygen atoms in total. The van der Waals surface area contributed by atoms with Crippen molar-refractivity contribution in [3.8, 4) is 0 Å². The van der Waals surface area contributed by atoms with E-state index in [0.29, 0.717) is 31.6 Å². The number of carbonyl (C=O) groups is 1. The number of morpholine rings is 1. The van der Waals surface area contributed by atoms with Crippen LogP contribution in [0.1, 0.15) is 44.9 Å². The van der Waals surface area contributed by atoms with Crippen LogP contribution in [0.2, 0.25) is 0 Å². The summed E-state index contributed by atoms with van der Waals surface area (Å²) in [5.74, 6) is 0.688. The summed E-state index contributed by atoms with van der Waals surface area (Å²) in [6.45, 7) is 4.76. The van der Waals surface area contributed by atoms with Gasteiger partial charge in [-0.1, -0.05) is 12.8 Å². The van der Waals surface area contributed by atoms with Crippen molar-refractivity contribution in [3.63, 3.8) is 0 Å². The second-order valence-corrected chi connectivity index (χ2v) is 7.00. The zero-order valence-corrected chi connectivity index (χ0v) is 13.6. The fraction of sp³-hybridized carbons (Fsp3) is 0.941. The van der Waals surface area contributed by atoms with Crippen LogP contribution in [-0.2, 0) is 9.53 Å². The minimum absolute atomic E-state index is 0.130. The van der Waals surface area contributed by atoms with Gasteiger partial charge in [-0.15, -0.1) is 0 Å². The van der Waals surface area contributed by atoms with E-state index >= 15 is 0 Å². The van der Waals surface area contributed by atoms with Gasteiger partial charge in [-0.25, -0.2) is 0 Å². The van der Waals surface area contributed by atoms with Crippen LogP contribution in [0.5, 0.6) is 0 Å². The minimum atomic E-state index is -0.130. The molecule has 1 aliphatic carbocycles. The van der Waals surface area contributed by atoms with Gasteiger partial charge in [0, 0.05) is 38.0 Å². The van der Waals surface area contributed by atoms with Crippen LogP contribution < -0.4 is 0 Å². The molecule has 3 aliphatic rings. The molecule has 0 aromatic carbocycles. The molecule has 0 radical (unpaired) electrons. The molecular formula is C17H30N2O3. The van der Waals surface area contributed by atoms with Crippen molar-refractivity contribution in [2.24, 2.45) is 5.92 Å². The second-order valence-electron chi connectivity index (χ2n) is 7.00. The Morgan fingerprint density at radius 3 is 2.59 bits per heavy atom. The highest BCUT2D eigenvalue weighted by Crippen LogP contribution is 2.34. The quantitative estimate of drug-likeness (QED) is 0.849. The molecule has 3 atom stereocenters. The number of hydrogen-bond acceptors (Lipinski definition) is 4. The molecule has 0 aromatic rings. The number of aliphatic hydroxyl groups excluding tert-OH is 1. The molecule has 2 aliphatic heterocycles. The van der Waals surface area contributed by atoms with Crippen LogP contribution in [0.4, 0.5) is 0 Å². The van der Waals surface area contributed by atoms with Gasteiger partial charge in [-0.3, -0.25) is 9.69 Å². The first-order chi connectivity index (χ1) is 10.8. The topological polar surface area (TPSA) is 53.0 Å². The SMILES string of the molecule is O=C(CCN1CCCC1C1CCCCC1O)N1CCOCC1. The van der Waals surface area contributed by atoms with Crippen molar-refractivity contribution in [2.45, 2.75) is 57.1 Å². The normalized spacial score (nSPS) is 34.0. The molecule has 3 unspecified atom stereocenters. The summed E-state index contributed by atoms with van der Waals surface area (Å²) < 4.78 is 5.30. The molecule has 1 amide bonds. The maximum absolute atomic E-state index is 12.3. The Hall–Kier alpha value is -0.650. The first-order valence-corrected chi connectivity index (χ1v) is 9.03. The van der Waals surface area contributed by atoms with Gasteiger partial charge in [0.2, 0.25) is 5.91 Å². The summed E-state index contributed by atoms with van der Waals surface area (Å²) in [6, 6.07) is 0.493. The lowest BCUT2D eigenvalue weighted by molar-refractivity contribution is -0.135. The third-order valence-corrected chi connectivity index (χ3v) is 5.67. The highest BCUT2D eigenvalue weighted by atomic mass is 16.5. The summed E-state index contributed by atoms with van der Waals surface area (Å²) >= 11 is 0. The van der Waals surface area contributed by atoms with Gasteiger partial charge >= 0.3 is 0 Å². The number of rotatable bonds is 4. The summed E-state index contributed by atoms with van der Waals surface area (Å²) in [4.78, 5) is 16.7. The zero-order valence-electron chi connectivity index (χ0n) is 13.6. The second kappa shape index (κ2) is 7.75.